The standard InChI is InChI=1S/C44H74O19/c1-18(16-57-39-36(54)33(51)32(50)28(14-45)60-39)7-10-44(56)19(2)30-27(63-44)12-23-21-6-5-20-11-26(24(47)13-43(20,4)22(21)8-9-42(23,30)3)59-41-37(55)34(52)38(29(15-46)61-41)62-40-35(53)31(49)25(48)17-58-40/h18-41,45-56H,5-17H2,1-4H3/t18-,19+,20+,21-,22+,23-,24-,25-,26-,27-,28-,29-,30-,31+,32-,33+,34-,35-,36-,37-,38-,39-,40+,41-,42+,43+,44+/m1/s1. The predicted molar refractivity (Wildman–Crippen MR) is 214 cm³/mol. The van der Waals surface area contributed by atoms with Crippen molar-refractivity contribution in [1.29, 1.82) is 0 Å². The normalized spacial score (nSPS) is 56.3. The van der Waals surface area contributed by atoms with Crippen LogP contribution >= 0.6 is 0 Å². The molecule has 4 aliphatic carbocycles. The topological polar surface area (TPSA) is 307 Å². The third kappa shape index (κ3) is 8.58. The van der Waals surface area contributed by atoms with Gasteiger partial charge >= 0.3 is 0 Å². The molecule has 0 unspecified atom stereocenters. The Hall–Kier alpha value is -0.760. The summed E-state index contributed by atoms with van der Waals surface area (Å²) in [6, 6.07) is 0. The Morgan fingerprint density at radius 2 is 1.38 bits per heavy atom. The largest absolute Gasteiger partial charge is 0.394 e. The van der Waals surface area contributed by atoms with Crippen LogP contribution in [0.5, 0.6) is 0 Å². The van der Waals surface area contributed by atoms with Gasteiger partial charge in [-0.15, -0.1) is 0 Å². The zero-order valence-electron chi connectivity index (χ0n) is 36.8. The molecule has 19 heteroatoms. The smallest absolute Gasteiger partial charge is 0.187 e. The molecule has 0 amide bonds. The average molecular weight is 907 g/mol. The molecule has 0 aromatic carbocycles. The Kier molecular flexibility index (Phi) is 14.4. The van der Waals surface area contributed by atoms with E-state index in [4.69, 9.17) is 33.2 Å². The number of hydrogen-bond acceptors (Lipinski definition) is 19. The fourth-order valence-electron chi connectivity index (χ4n) is 13.9. The summed E-state index contributed by atoms with van der Waals surface area (Å²) in [7, 11) is 0. The summed E-state index contributed by atoms with van der Waals surface area (Å²) >= 11 is 0. The first-order valence-corrected chi connectivity index (χ1v) is 23.4. The van der Waals surface area contributed by atoms with Gasteiger partial charge in [0.2, 0.25) is 0 Å². The van der Waals surface area contributed by atoms with Crippen LogP contribution in [-0.2, 0) is 33.2 Å². The quantitative estimate of drug-likeness (QED) is 0.0928. The first-order valence-electron chi connectivity index (χ1n) is 23.4. The van der Waals surface area contributed by atoms with Crippen molar-refractivity contribution in [3.05, 3.63) is 0 Å². The molecule has 63 heavy (non-hydrogen) atoms. The summed E-state index contributed by atoms with van der Waals surface area (Å²) in [4.78, 5) is 0. The zero-order chi connectivity index (χ0) is 45.5. The molecule has 0 spiro atoms. The molecule has 0 aromatic rings. The van der Waals surface area contributed by atoms with E-state index in [-0.39, 0.29) is 53.8 Å². The van der Waals surface area contributed by atoms with Gasteiger partial charge in [-0.25, -0.2) is 0 Å². The molecule has 8 fully saturated rings. The minimum atomic E-state index is -1.66. The summed E-state index contributed by atoms with van der Waals surface area (Å²) in [6.45, 7) is 7.37. The van der Waals surface area contributed by atoms with Gasteiger partial charge in [0, 0.05) is 12.3 Å². The van der Waals surface area contributed by atoms with Crippen LogP contribution in [0.4, 0.5) is 0 Å². The molecule has 364 valence electrons. The van der Waals surface area contributed by atoms with Gasteiger partial charge < -0.3 is 94.4 Å². The molecule has 4 aliphatic heterocycles. The maximum atomic E-state index is 12.0. The Balaban J connectivity index is 0.851. The van der Waals surface area contributed by atoms with Crippen molar-refractivity contribution in [1.82, 2.24) is 0 Å². The zero-order valence-corrected chi connectivity index (χ0v) is 36.8. The lowest BCUT2D eigenvalue weighted by molar-refractivity contribution is -0.358. The summed E-state index contributed by atoms with van der Waals surface area (Å²) in [5.74, 6) is 0.0396. The minimum Gasteiger partial charge on any atom is -0.394 e. The fraction of sp³-hybridized carbons (Fsp3) is 1.00. The molecule has 19 nitrogen and oxygen atoms in total. The van der Waals surface area contributed by atoms with Crippen LogP contribution in [0.3, 0.4) is 0 Å². The van der Waals surface area contributed by atoms with Crippen molar-refractivity contribution in [3.8, 4) is 0 Å². The maximum absolute atomic E-state index is 12.0. The second-order valence-corrected chi connectivity index (χ2v) is 21.2. The third-order valence-corrected chi connectivity index (χ3v) is 17.6. The van der Waals surface area contributed by atoms with Crippen LogP contribution in [0, 0.1) is 52.3 Å². The van der Waals surface area contributed by atoms with Crippen LogP contribution in [0.2, 0.25) is 0 Å². The van der Waals surface area contributed by atoms with Gasteiger partial charge in [-0.2, -0.15) is 0 Å². The van der Waals surface area contributed by atoms with E-state index in [0.717, 1.165) is 32.1 Å². The fourth-order valence-corrected chi connectivity index (χ4v) is 13.9. The van der Waals surface area contributed by atoms with E-state index in [2.05, 4.69) is 20.8 Å². The first kappa shape index (κ1) is 48.7. The van der Waals surface area contributed by atoms with E-state index in [1.54, 1.807) is 0 Å². The van der Waals surface area contributed by atoms with Crippen molar-refractivity contribution in [2.45, 2.75) is 196 Å². The summed E-state index contributed by atoms with van der Waals surface area (Å²) in [5.41, 5.74) is -0.225. The van der Waals surface area contributed by atoms with Crippen molar-refractivity contribution < 1.29 is 94.4 Å². The molecule has 0 radical (unpaired) electrons. The Morgan fingerprint density at radius 1 is 0.698 bits per heavy atom. The van der Waals surface area contributed by atoms with Crippen LogP contribution in [0.25, 0.3) is 0 Å². The minimum absolute atomic E-state index is 0.0436. The predicted octanol–water partition coefficient (Wildman–Crippen LogP) is -2.17. The van der Waals surface area contributed by atoms with Gasteiger partial charge in [-0.1, -0.05) is 27.7 Å². The molecule has 4 saturated heterocycles. The number of hydrogen-bond donors (Lipinski definition) is 12. The molecular formula is C44H74O19. The molecule has 4 saturated carbocycles. The molecule has 0 bridgehead atoms. The first-order chi connectivity index (χ1) is 29.8. The molecule has 0 aromatic heterocycles. The van der Waals surface area contributed by atoms with Crippen LogP contribution in [-0.4, -0.2) is 198 Å². The number of fused-ring (bicyclic) bond motifs is 7. The van der Waals surface area contributed by atoms with E-state index in [1.807, 2.05) is 6.92 Å². The maximum Gasteiger partial charge on any atom is 0.187 e. The molecule has 4 heterocycles. The molecule has 8 rings (SSSR count). The van der Waals surface area contributed by atoms with E-state index in [9.17, 15) is 61.3 Å². The van der Waals surface area contributed by atoms with Crippen molar-refractivity contribution in [3.63, 3.8) is 0 Å². The van der Waals surface area contributed by atoms with Gasteiger partial charge in [-0.05, 0) is 97.7 Å². The highest BCUT2D eigenvalue weighted by Crippen LogP contribution is 2.71. The highest BCUT2D eigenvalue weighted by molar-refractivity contribution is 5.15. The van der Waals surface area contributed by atoms with Gasteiger partial charge in [-0.3, -0.25) is 0 Å². The molecule has 8 aliphatic rings. The van der Waals surface area contributed by atoms with E-state index < -0.39 is 117 Å². The molecule has 12 N–H and O–H groups in total. The highest BCUT2D eigenvalue weighted by atomic mass is 16.7. The number of rotatable bonds is 12. The van der Waals surface area contributed by atoms with E-state index in [1.165, 1.54) is 0 Å². The summed E-state index contributed by atoms with van der Waals surface area (Å²) in [6.07, 6.45) is -15.0. The number of aliphatic hydroxyl groups is 12. The summed E-state index contributed by atoms with van der Waals surface area (Å²) < 4.78 is 41.1. The average Bonchev–Trinajstić information content (AvgIpc) is 3.69. The van der Waals surface area contributed by atoms with Gasteiger partial charge in [0.05, 0.1) is 44.7 Å². The molecule has 27 atom stereocenters. The SMILES string of the molecule is C[C@H](CC[C@]1(O)O[C@@H]2C[C@@H]3[C@@H]4CC[C@H]5C[C@@H](O[C@@H]6O[C@H](CO)[C@@H](O[C@@H]7OC[C@@H](O)[C@H](O)[C@H]7O)[C@H](O)[C@H]6O)[C@H](O)C[C@]5(C)[C@H]4CC[C@]3(C)[C@@H]2[C@@H]1C)CO[C@@H]1O[C@H](CO)[C@@H](O)[C@H](O)[C@H]1O. The monoisotopic (exact) mass is 906 g/mol. The summed E-state index contributed by atoms with van der Waals surface area (Å²) in [5, 5.41) is 127. The van der Waals surface area contributed by atoms with Crippen molar-refractivity contribution >= 4 is 0 Å². The van der Waals surface area contributed by atoms with Gasteiger partial charge in [0.25, 0.3) is 0 Å². The Labute approximate surface area is 368 Å². The van der Waals surface area contributed by atoms with Crippen molar-refractivity contribution in [2.24, 2.45) is 52.3 Å². The lowest BCUT2D eigenvalue weighted by Crippen LogP contribution is -2.64. The number of ether oxygens (including phenoxy) is 7. The van der Waals surface area contributed by atoms with Crippen LogP contribution < -0.4 is 0 Å². The third-order valence-electron chi connectivity index (χ3n) is 17.6. The number of aliphatic hydroxyl groups excluding tert-OH is 11. The second kappa shape index (κ2) is 18.6. The Morgan fingerprint density at radius 3 is 2.10 bits per heavy atom. The molecular weight excluding hydrogens is 832 g/mol. The lowest BCUT2D eigenvalue weighted by Gasteiger charge is -2.62. The second-order valence-electron chi connectivity index (χ2n) is 21.2. The lowest BCUT2D eigenvalue weighted by atomic mass is 9.44. The van der Waals surface area contributed by atoms with Crippen LogP contribution in [0.15, 0.2) is 0 Å². The van der Waals surface area contributed by atoms with Crippen molar-refractivity contribution in [2.75, 3.05) is 26.4 Å². The van der Waals surface area contributed by atoms with E-state index >= 15 is 0 Å². The Bertz CT molecular complexity index is 1540. The van der Waals surface area contributed by atoms with E-state index in [0.29, 0.717) is 43.4 Å². The van der Waals surface area contributed by atoms with Gasteiger partial charge in [0.1, 0.15) is 67.1 Å². The van der Waals surface area contributed by atoms with Crippen LogP contribution in [0.1, 0.15) is 85.5 Å². The highest BCUT2D eigenvalue weighted by Gasteiger charge is 2.69. The van der Waals surface area contributed by atoms with Gasteiger partial charge in [0.15, 0.2) is 24.7 Å².